The molecule has 0 atom stereocenters. The van der Waals surface area contributed by atoms with E-state index in [4.69, 9.17) is 0 Å². The minimum absolute atomic E-state index is 0.111. The van der Waals surface area contributed by atoms with E-state index in [1.54, 1.807) is 6.08 Å². The summed E-state index contributed by atoms with van der Waals surface area (Å²) in [5.74, 6) is -0.380. The fourth-order valence-corrected chi connectivity index (χ4v) is 3.10. The predicted molar refractivity (Wildman–Crippen MR) is 95.3 cm³/mol. The Morgan fingerprint density at radius 3 is 2.62 bits per heavy atom. The van der Waals surface area contributed by atoms with Crippen LogP contribution in [0.15, 0.2) is 48.3 Å². The van der Waals surface area contributed by atoms with Crippen LogP contribution in [-0.4, -0.2) is 10.5 Å². The van der Waals surface area contributed by atoms with Gasteiger partial charge in [-0.1, -0.05) is 30.5 Å². The molecule has 1 aromatic carbocycles. The van der Waals surface area contributed by atoms with Gasteiger partial charge in [0.05, 0.1) is 0 Å². The van der Waals surface area contributed by atoms with Crippen molar-refractivity contribution in [1.82, 2.24) is 4.57 Å². The molecule has 1 amide bonds. The van der Waals surface area contributed by atoms with E-state index in [0.717, 1.165) is 11.1 Å². The van der Waals surface area contributed by atoms with Crippen molar-refractivity contribution in [1.29, 1.82) is 5.26 Å². The molecule has 4 heteroatoms. The van der Waals surface area contributed by atoms with Gasteiger partial charge >= 0.3 is 0 Å². The molecular formula is C20H21N3O. The smallest absolute Gasteiger partial charge is 0.266 e. The van der Waals surface area contributed by atoms with Gasteiger partial charge in [-0.2, -0.15) is 5.26 Å². The highest BCUT2D eigenvalue weighted by atomic mass is 16.1. The Labute approximate surface area is 142 Å². The first-order valence-electron chi connectivity index (χ1n) is 8.33. The van der Waals surface area contributed by atoms with Gasteiger partial charge in [-0.25, -0.2) is 0 Å². The Bertz CT molecular complexity index is 787. The SMILES string of the molecule is Cc1ccc(NC(=O)/C(C#N)=C/c2ccn(C3CCCC3)c2)cc1. The van der Waals surface area contributed by atoms with Gasteiger partial charge in [0.25, 0.3) is 5.91 Å². The summed E-state index contributed by atoms with van der Waals surface area (Å²) in [5.41, 5.74) is 2.81. The van der Waals surface area contributed by atoms with Crippen molar-refractivity contribution in [2.24, 2.45) is 0 Å². The Kier molecular flexibility index (Phi) is 4.81. The quantitative estimate of drug-likeness (QED) is 0.668. The van der Waals surface area contributed by atoms with Crippen molar-refractivity contribution >= 4 is 17.7 Å². The summed E-state index contributed by atoms with van der Waals surface area (Å²) >= 11 is 0. The van der Waals surface area contributed by atoms with Gasteiger partial charge in [0, 0.05) is 24.1 Å². The van der Waals surface area contributed by atoms with Gasteiger partial charge < -0.3 is 9.88 Å². The van der Waals surface area contributed by atoms with Gasteiger partial charge in [0.1, 0.15) is 11.6 Å². The number of nitriles is 1. The van der Waals surface area contributed by atoms with E-state index >= 15 is 0 Å². The molecule has 0 radical (unpaired) electrons. The Hall–Kier alpha value is -2.80. The van der Waals surface area contributed by atoms with Crippen LogP contribution in [0.3, 0.4) is 0 Å². The average Bonchev–Trinajstić information content (AvgIpc) is 3.25. The van der Waals surface area contributed by atoms with Gasteiger partial charge in [0.2, 0.25) is 0 Å². The lowest BCUT2D eigenvalue weighted by Crippen LogP contribution is -2.13. The first-order valence-corrected chi connectivity index (χ1v) is 8.33. The number of aromatic nitrogens is 1. The lowest BCUT2D eigenvalue weighted by molar-refractivity contribution is -0.112. The molecule has 1 saturated carbocycles. The molecule has 1 fully saturated rings. The Morgan fingerprint density at radius 2 is 1.96 bits per heavy atom. The average molecular weight is 319 g/mol. The second kappa shape index (κ2) is 7.18. The maximum Gasteiger partial charge on any atom is 0.266 e. The molecule has 3 rings (SSSR count). The molecule has 0 bridgehead atoms. The molecule has 0 spiro atoms. The maximum atomic E-state index is 12.3. The third-order valence-electron chi connectivity index (χ3n) is 4.47. The van der Waals surface area contributed by atoms with Crippen molar-refractivity contribution in [3.63, 3.8) is 0 Å². The van der Waals surface area contributed by atoms with Gasteiger partial charge in [-0.15, -0.1) is 0 Å². The minimum Gasteiger partial charge on any atom is -0.351 e. The third-order valence-corrected chi connectivity index (χ3v) is 4.47. The second-order valence-corrected chi connectivity index (χ2v) is 6.32. The van der Waals surface area contributed by atoms with Crippen LogP contribution >= 0.6 is 0 Å². The van der Waals surface area contributed by atoms with E-state index in [1.807, 2.05) is 55.7 Å². The summed E-state index contributed by atoms with van der Waals surface area (Å²) in [6.07, 6.45) is 10.7. The van der Waals surface area contributed by atoms with Crippen LogP contribution in [0.25, 0.3) is 6.08 Å². The fourth-order valence-electron chi connectivity index (χ4n) is 3.10. The molecule has 1 N–H and O–H groups in total. The van der Waals surface area contributed by atoms with Crippen molar-refractivity contribution < 1.29 is 4.79 Å². The highest BCUT2D eigenvalue weighted by Gasteiger charge is 2.16. The Morgan fingerprint density at radius 1 is 1.25 bits per heavy atom. The number of rotatable bonds is 4. The van der Waals surface area contributed by atoms with Crippen LogP contribution in [0.2, 0.25) is 0 Å². The van der Waals surface area contributed by atoms with Crippen LogP contribution in [-0.2, 0) is 4.79 Å². The summed E-state index contributed by atoms with van der Waals surface area (Å²) in [6.45, 7) is 1.99. The zero-order valence-electron chi connectivity index (χ0n) is 13.8. The summed E-state index contributed by atoms with van der Waals surface area (Å²) in [4.78, 5) is 12.3. The number of nitrogens with zero attached hydrogens (tertiary/aromatic N) is 2. The molecule has 122 valence electrons. The molecule has 0 saturated heterocycles. The van der Waals surface area contributed by atoms with E-state index in [0.29, 0.717) is 11.7 Å². The monoisotopic (exact) mass is 319 g/mol. The minimum atomic E-state index is -0.380. The van der Waals surface area contributed by atoms with Crippen LogP contribution < -0.4 is 5.32 Å². The Balaban J connectivity index is 1.72. The second-order valence-electron chi connectivity index (χ2n) is 6.32. The summed E-state index contributed by atoms with van der Waals surface area (Å²) < 4.78 is 2.20. The third kappa shape index (κ3) is 3.75. The van der Waals surface area contributed by atoms with Crippen LogP contribution in [0.4, 0.5) is 5.69 Å². The number of hydrogen-bond acceptors (Lipinski definition) is 2. The van der Waals surface area contributed by atoms with E-state index in [9.17, 15) is 10.1 Å². The number of amides is 1. The highest BCUT2D eigenvalue weighted by Crippen LogP contribution is 2.30. The molecular weight excluding hydrogens is 298 g/mol. The first kappa shape index (κ1) is 16.1. The van der Waals surface area contributed by atoms with Crippen LogP contribution in [0.1, 0.15) is 42.9 Å². The number of carbonyl (C=O) groups excluding carboxylic acids is 1. The predicted octanol–water partition coefficient (Wildman–Crippen LogP) is 4.46. The van der Waals surface area contributed by atoms with Crippen molar-refractivity contribution in [3.8, 4) is 6.07 Å². The van der Waals surface area contributed by atoms with Crippen molar-refractivity contribution in [2.45, 2.75) is 38.6 Å². The van der Waals surface area contributed by atoms with Gasteiger partial charge in [0.15, 0.2) is 0 Å². The summed E-state index contributed by atoms with van der Waals surface area (Å²) in [6, 6.07) is 12.0. The largest absolute Gasteiger partial charge is 0.351 e. The number of carbonyl (C=O) groups is 1. The normalized spacial score (nSPS) is 15.2. The molecule has 1 aliphatic carbocycles. The molecule has 0 aliphatic heterocycles. The number of benzene rings is 1. The summed E-state index contributed by atoms with van der Waals surface area (Å²) in [5, 5.41) is 12.1. The molecule has 1 heterocycles. The zero-order valence-corrected chi connectivity index (χ0v) is 13.8. The standard InChI is InChI=1S/C20H21N3O/c1-15-6-8-18(9-7-15)22-20(24)17(13-21)12-16-10-11-23(14-16)19-4-2-3-5-19/h6-12,14,19H,2-5H2,1H3,(H,22,24)/b17-12+. The summed E-state index contributed by atoms with van der Waals surface area (Å²) in [7, 11) is 0. The number of nitrogens with one attached hydrogen (secondary N) is 1. The molecule has 0 unspecified atom stereocenters. The molecule has 1 aromatic heterocycles. The first-order chi connectivity index (χ1) is 11.7. The molecule has 1 aliphatic rings. The van der Waals surface area contributed by atoms with E-state index < -0.39 is 0 Å². The van der Waals surface area contributed by atoms with Gasteiger partial charge in [-0.05, 0) is 49.6 Å². The van der Waals surface area contributed by atoms with Crippen LogP contribution in [0, 0.1) is 18.3 Å². The molecule has 2 aromatic rings. The van der Waals surface area contributed by atoms with E-state index in [2.05, 4.69) is 9.88 Å². The van der Waals surface area contributed by atoms with E-state index in [-0.39, 0.29) is 11.5 Å². The number of anilines is 1. The zero-order chi connectivity index (χ0) is 16.9. The lowest BCUT2D eigenvalue weighted by Gasteiger charge is -2.10. The van der Waals surface area contributed by atoms with E-state index in [1.165, 1.54) is 25.7 Å². The van der Waals surface area contributed by atoms with Crippen LogP contribution in [0.5, 0.6) is 0 Å². The molecule has 24 heavy (non-hydrogen) atoms. The van der Waals surface area contributed by atoms with Crippen molar-refractivity contribution in [2.75, 3.05) is 5.32 Å². The van der Waals surface area contributed by atoms with Gasteiger partial charge in [-0.3, -0.25) is 4.79 Å². The molecule has 4 nitrogen and oxygen atoms in total. The maximum absolute atomic E-state index is 12.3. The highest BCUT2D eigenvalue weighted by molar-refractivity contribution is 6.09. The fraction of sp³-hybridized carbons (Fsp3) is 0.300. The topological polar surface area (TPSA) is 57.8 Å². The van der Waals surface area contributed by atoms with Crippen molar-refractivity contribution in [3.05, 3.63) is 59.4 Å². The number of hydrogen-bond donors (Lipinski definition) is 1. The number of aryl methyl sites for hydroxylation is 1. The lowest BCUT2D eigenvalue weighted by atomic mass is 10.1.